The summed E-state index contributed by atoms with van der Waals surface area (Å²) in [4.78, 5) is 30.2. The van der Waals surface area contributed by atoms with Gasteiger partial charge in [0.15, 0.2) is 0 Å². The number of thiazole rings is 1. The number of nitrogens with zero attached hydrogens (tertiary/aromatic N) is 1. The molecular weight excluding hydrogens is 294 g/mol. The van der Waals surface area contributed by atoms with Crippen LogP contribution in [-0.4, -0.2) is 31.0 Å². The lowest BCUT2D eigenvalue weighted by Gasteiger charge is -2.43. The zero-order valence-electron chi connectivity index (χ0n) is 12.6. The van der Waals surface area contributed by atoms with Crippen molar-refractivity contribution in [3.63, 3.8) is 0 Å². The van der Waals surface area contributed by atoms with E-state index in [0.29, 0.717) is 10.6 Å². The highest BCUT2D eigenvalue weighted by atomic mass is 32.1. The molecule has 1 saturated heterocycles. The molecule has 3 rings (SSSR count). The van der Waals surface area contributed by atoms with Crippen molar-refractivity contribution < 1.29 is 23.8 Å². The van der Waals surface area contributed by atoms with Crippen molar-refractivity contribution in [3.05, 3.63) is 15.6 Å². The van der Waals surface area contributed by atoms with Gasteiger partial charge in [-0.2, -0.15) is 0 Å². The van der Waals surface area contributed by atoms with E-state index in [1.54, 1.807) is 13.8 Å². The van der Waals surface area contributed by atoms with E-state index in [1.807, 2.05) is 6.92 Å². The molecule has 0 aliphatic carbocycles. The molecule has 1 aromatic heterocycles. The summed E-state index contributed by atoms with van der Waals surface area (Å²) in [5.74, 6) is -3.17. The average Bonchev–Trinajstić information content (AvgIpc) is 2.98. The number of rotatable bonds is 2. The lowest BCUT2D eigenvalue weighted by atomic mass is 9.79. The Morgan fingerprint density at radius 3 is 2.57 bits per heavy atom. The maximum atomic E-state index is 12.6. The fraction of sp³-hybridized carbons (Fsp3) is 0.643. The van der Waals surface area contributed by atoms with Crippen molar-refractivity contribution >= 4 is 23.1 Å². The third kappa shape index (κ3) is 1.46. The van der Waals surface area contributed by atoms with E-state index < -0.39 is 29.2 Å². The van der Waals surface area contributed by atoms with Crippen LogP contribution in [-0.2, 0) is 35.2 Å². The molecular formula is C14H17NO5S. The fourth-order valence-corrected chi connectivity index (χ4v) is 4.54. The first kappa shape index (κ1) is 14.6. The number of methoxy groups -OCH3 is 2. The first-order chi connectivity index (χ1) is 9.85. The lowest BCUT2D eigenvalue weighted by Crippen LogP contribution is -2.57. The van der Waals surface area contributed by atoms with E-state index >= 15 is 0 Å². The second kappa shape index (κ2) is 4.34. The molecule has 2 aliphatic rings. The Labute approximate surface area is 126 Å². The summed E-state index contributed by atoms with van der Waals surface area (Å²) < 4.78 is 16.5. The minimum absolute atomic E-state index is 0.0867. The Hall–Kier alpha value is -1.31. The van der Waals surface area contributed by atoms with Crippen LogP contribution in [0, 0.1) is 18.8 Å². The van der Waals surface area contributed by atoms with E-state index in [9.17, 15) is 9.59 Å². The Morgan fingerprint density at radius 2 is 2.00 bits per heavy atom. The number of ether oxygens (including phenoxy) is 3. The number of hydrogen-bond acceptors (Lipinski definition) is 7. The van der Waals surface area contributed by atoms with Crippen molar-refractivity contribution in [2.24, 2.45) is 11.8 Å². The van der Waals surface area contributed by atoms with Crippen molar-refractivity contribution in [1.82, 2.24) is 4.98 Å². The number of hydrogen-bond donors (Lipinski definition) is 0. The van der Waals surface area contributed by atoms with Crippen LogP contribution in [0.2, 0.25) is 0 Å². The van der Waals surface area contributed by atoms with E-state index in [4.69, 9.17) is 14.2 Å². The maximum absolute atomic E-state index is 12.6. The number of ketones is 1. The van der Waals surface area contributed by atoms with Gasteiger partial charge in [-0.05, 0) is 13.8 Å². The van der Waals surface area contributed by atoms with Crippen LogP contribution in [0.5, 0.6) is 0 Å². The predicted molar refractivity (Wildman–Crippen MR) is 73.7 cm³/mol. The summed E-state index contributed by atoms with van der Waals surface area (Å²) in [7, 11) is 2.75. The Bertz CT molecular complexity index is 641. The molecule has 6 nitrogen and oxygen atoms in total. The number of aryl methyl sites for hydroxylation is 1. The number of carbonyl (C=O) groups excluding carboxylic acids is 2. The normalized spacial score (nSPS) is 37.5. The van der Waals surface area contributed by atoms with Gasteiger partial charge in [0.25, 0.3) is 0 Å². The third-order valence-electron chi connectivity index (χ3n) is 4.54. The molecule has 0 radical (unpaired) electrons. The van der Waals surface area contributed by atoms with Crippen LogP contribution in [0.3, 0.4) is 0 Å². The van der Waals surface area contributed by atoms with E-state index in [-0.39, 0.29) is 5.78 Å². The Morgan fingerprint density at radius 1 is 1.33 bits per heavy atom. The highest BCUT2D eigenvalue weighted by Crippen LogP contribution is 2.60. The molecule has 0 amide bonds. The van der Waals surface area contributed by atoms with Gasteiger partial charge in [-0.25, -0.2) is 9.78 Å². The molecule has 0 spiro atoms. The van der Waals surface area contributed by atoms with Crippen LogP contribution >= 0.6 is 11.3 Å². The van der Waals surface area contributed by atoms with E-state index in [1.165, 1.54) is 25.6 Å². The highest BCUT2D eigenvalue weighted by Gasteiger charge is 2.72. The standard InChI is InChI=1S/C14H17NO5S/c1-6-9(16)7(2)14(19-5)10-11(21-8(3)15-10)13(6,20-14)12(17)18-4/h6-7H,1-5H3/t6-,7-,13+,14-/m0/s1. The summed E-state index contributed by atoms with van der Waals surface area (Å²) in [5.41, 5.74) is -0.918. The number of Topliss-reactive ketones (excluding diaryl/α,β-unsaturated/α-hetero) is 1. The van der Waals surface area contributed by atoms with Crippen molar-refractivity contribution in [2.45, 2.75) is 32.2 Å². The number of carbonyl (C=O) groups is 2. The molecule has 0 N–H and O–H groups in total. The van der Waals surface area contributed by atoms with Crippen LogP contribution in [0.15, 0.2) is 0 Å². The molecule has 1 fully saturated rings. The topological polar surface area (TPSA) is 74.7 Å². The van der Waals surface area contributed by atoms with E-state index in [2.05, 4.69) is 4.98 Å². The molecule has 114 valence electrons. The highest BCUT2D eigenvalue weighted by molar-refractivity contribution is 7.12. The van der Waals surface area contributed by atoms with Crippen LogP contribution in [0.25, 0.3) is 0 Å². The minimum atomic E-state index is -1.45. The summed E-state index contributed by atoms with van der Waals surface area (Å²) in [6.45, 7) is 5.29. The molecule has 4 atom stereocenters. The van der Waals surface area contributed by atoms with Gasteiger partial charge in [-0.15, -0.1) is 11.3 Å². The van der Waals surface area contributed by atoms with Gasteiger partial charge in [0.05, 0.1) is 28.8 Å². The third-order valence-corrected chi connectivity index (χ3v) is 5.63. The summed E-state index contributed by atoms with van der Waals surface area (Å²) in [5, 5.41) is 0.798. The summed E-state index contributed by atoms with van der Waals surface area (Å²) >= 11 is 1.35. The van der Waals surface area contributed by atoms with Gasteiger partial charge in [0.1, 0.15) is 11.5 Å². The average molecular weight is 311 g/mol. The van der Waals surface area contributed by atoms with Crippen molar-refractivity contribution in [2.75, 3.05) is 14.2 Å². The predicted octanol–water partition coefficient (Wildman–Crippen LogP) is 1.50. The molecule has 0 saturated carbocycles. The first-order valence-corrected chi connectivity index (χ1v) is 7.52. The largest absolute Gasteiger partial charge is 0.467 e. The second-order valence-corrected chi connectivity index (χ2v) is 6.66. The monoisotopic (exact) mass is 311 g/mol. The Balaban J connectivity index is 2.34. The molecule has 1 aromatic rings. The lowest BCUT2D eigenvalue weighted by molar-refractivity contribution is -0.315. The van der Waals surface area contributed by atoms with Crippen molar-refractivity contribution in [3.8, 4) is 0 Å². The van der Waals surface area contributed by atoms with Crippen LogP contribution in [0.1, 0.15) is 29.4 Å². The molecule has 2 aliphatic heterocycles. The van der Waals surface area contributed by atoms with Gasteiger partial charge in [0.2, 0.25) is 11.4 Å². The molecule has 21 heavy (non-hydrogen) atoms. The SMILES string of the molecule is COC(=O)[C@]12O[C@](OC)(c3nc(C)sc31)[C@@H](C)C(=O)[C@@H]2C. The Kier molecular flexibility index (Phi) is 3.02. The molecule has 0 unspecified atom stereocenters. The quantitative estimate of drug-likeness (QED) is 0.771. The maximum Gasteiger partial charge on any atom is 0.344 e. The molecule has 2 bridgehead atoms. The fourth-order valence-electron chi connectivity index (χ4n) is 3.37. The van der Waals surface area contributed by atoms with Gasteiger partial charge < -0.3 is 14.2 Å². The first-order valence-electron chi connectivity index (χ1n) is 6.71. The summed E-state index contributed by atoms with van der Waals surface area (Å²) in [6, 6.07) is 0. The summed E-state index contributed by atoms with van der Waals surface area (Å²) in [6.07, 6.45) is 0. The molecule has 3 heterocycles. The van der Waals surface area contributed by atoms with Crippen molar-refractivity contribution in [1.29, 1.82) is 0 Å². The van der Waals surface area contributed by atoms with Crippen LogP contribution in [0.4, 0.5) is 0 Å². The van der Waals surface area contributed by atoms with Gasteiger partial charge in [-0.1, -0.05) is 6.92 Å². The minimum Gasteiger partial charge on any atom is -0.467 e. The van der Waals surface area contributed by atoms with Gasteiger partial charge in [0, 0.05) is 7.11 Å². The number of esters is 1. The second-order valence-electron chi connectivity index (χ2n) is 5.46. The zero-order valence-corrected chi connectivity index (χ0v) is 13.4. The van der Waals surface area contributed by atoms with Gasteiger partial charge in [-0.3, -0.25) is 4.79 Å². The van der Waals surface area contributed by atoms with Gasteiger partial charge >= 0.3 is 5.97 Å². The molecule has 0 aromatic carbocycles. The van der Waals surface area contributed by atoms with E-state index in [0.717, 1.165) is 5.01 Å². The molecule has 7 heteroatoms. The smallest absolute Gasteiger partial charge is 0.344 e. The number of aromatic nitrogens is 1. The zero-order chi connectivity index (χ0) is 15.6. The number of fused-ring (bicyclic) bond motifs is 5. The van der Waals surface area contributed by atoms with Crippen LogP contribution < -0.4 is 0 Å².